The second kappa shape index (κ2) is 7.00. The molecule has 12 heteroatoms. The van der Waals surface area contributed by atoms with Crippen molar-refractivity contribution in [2.24, 2.45) is 0 Å². The molecule has 4 aromatic heterocycles. The predicted octanol–water partition coefficient (Wildman–Crippen LogP) is 1.85. The second-order valence-electron chi connectivity index (χ2n) is 6.58. The maximum Gasteiger partial charge on any atom is 0.261 e. The van der Waals surface area contributed by atoms with E-state index in [1.807, 2.05) is 0 Å². The van der Waals surface area contributed by atoms with Gasteiger partial charge in [-0.25, -0.2) is 13.1 Å². The van der Waals surface area contributed by atoms with Crippen molar-refractivity contribution in [3.63, 3.8) is 0 Å². The molecule has 4 heterocycles. The van der Waals surface area contributed by atoms with Crippen LogP contribution >= 0.6 is 0 Å². The first kappa shape index (κ1) is 18.4. The van der Waals surface area contributed by atoms with Gasteiger partial charge in [0, 0.05) is 11.6 Å². The van der Waals surface area contributed by atoms with Gasteiger partial charge < -0.3 is 9.05 Å². The van der Waals surface area contributed by atoms with E-state index in [-0.39, 0.29) is 12.3 Å². The molecule has 0 aliphatic heterocycles. The van der Waals surface area contributed by atoms with Crippen LogP contribution in [0, 0.1) is 6.92 Å². The number of sulfonamides is 1. The van der Waals surface area contributed by atoms with E-state index in [9.17, 15) is 8.42 Å². The molecule has 0 amide bonds. The number of nitrogens with zero attached hydrogens (tertiary/aromatic N) is 6. The van der Waals surface area contributed by atoms with Crippen molar-refractivity contribution in [3.8, 4) is 11.5 Å². The van der Waals surface area contributed by atoms with Crippen LogP contribution in [0.15, 0.2) is 51.6 Å². The predicted molar refractivity (Wildman–Crippen MR) is 104 cm³/mol. The molecule has 0 fully saturated rings. The minimum absolute atomic E-state index is 0.0500. The fourth-order valence-electron chi connectivity index (χ4n) is 3.11. The number of aryl methyl sites for hydroxylation is 1. The van der Waals surface area contributed by atoms with E-state index in [2.05, 4.69) is 30.2 Å². The Morgan fingerprint density at radius 1 is 1.07 bits per heavy atom. The first-order chi connectivity index (χ1) is 14.5. The number of nitrogens with one attached hydrogen (secondary N) is 1. The molecule has 0 unspecified atom stereocenters. The van der Waals surface area contributed by atoms with Crippen molar-refractivity contribution in [2.75, 3.05) is 0 Å². The van der Waals surface area contributed by atoms with Crippen molar-refractivity contribution in [2.45, 2.75) is 19.2 Å². The van der Waals surface area contributed by atoms with Crippen molar-refractivity contribution in [1.82, 2.24) is 34.6 Å². The summed E-state index contributed by atoms with van der Waals surface area (Å²) in [5.74, 6) is 0.917. The number of hydrogen-bond acceptors (Lipinski definition) is 9. The van der Waals surface area contributed by atoms with Gasteiger partial charge in [-0.1, -0.05) is 22.4 Å². The molecule has 1 aromatic carbocycles. The van der Waals surface area contributed by atoms with Crippen LogP contribution in [0.1, 0.15) is 17.3 Å². The molecule has 0 saturated heterocycles. The number of aromatic nitrogens is 6. The highest BCUT2D eigenvalue weighted by atomic mass is 32.2. The highest BCUT2D eigenvalue weighted by molar-refractivity contribution is 7.88. The molecule has 1 N–H and O–H groups in total. The largest absolute Gasteiger partial charge is 0.356 e. The van der Waals surface area contributed by atoms with Gasteiger partial charge in [0.25, 0.3) is 5.89 Å². The van der Waals surface area contributed by atoms with Crippen LogP contribution in [0.3, 0.4) is 0 Å². The van der Waals surface area contributed by atoms with E-state index < -0.39 is 10.0 Å². The molecule has 0 radical (unpaired) electrons. The monoisotopic (exact) mass is 425 g/mol. The Morgan fingerprint density at radius 2 is 1.93 bits per heavy atom. The van der Waals surface area contributed by atoms with Gasteiger partial charge in [-0.2, -0.15) is 4.98 Å². The Morgan fingerprint density at radius 3 is 2.77 bits per heavy atom. The SMILES string of the molecule is Cc1noc(-c2cccn3c(CNS(=O)(=O)Cc4noc5ccccc45)nnc23)n1. The Labute approximate surface area is 169 Å². The van der Waals surface area contributed by atoms with E-state index in [4.69, 9.17) is 9.05 Å². The van der Waals surface area contributed by atoms with E-state index in [0.29, 0.717) is 45.4 Å². The van der Waals surface area contributed by atoms with Crippen LogP contribution in [-0.2, 0) is 22.3 Å². The smallest absolute Gasteiger partial charge is 0.261 e. The van der Waals surface area contributed by atoms with Crippen molar-refractivity contribution < 1.29 is 17.5 Å². The maximum absolute atomic E-state index is 12.6. The summed E-state index contributed by atoms with van der Waals surface area (Å²) in [5.41, 5.74) is 1.97. The Bertz CT molecular complexity index is 1470. The van der Waals surface area contributed by atoms with Gasteiger partial charge >= 0.3 is 0 Å². The van der Waals surface area contributed by atoms with Gasteiger partial charge in [0.2, 0.25) is 10.0 Å². The molecular weight excluding hydrogens is 410 g/mol. The van der Waals surface area contributed by atoms with Crippen molar-refractivity contribution in [1.29, 1.82) is 0 Å². The summed E-state index contributed by atoms with van der Waals surface area (Å²) in [7, 11) is -3.69. The van der Waals surface area contributed by atoms with Gasteiger partial charge in [-0.3, -0.25) is 4.40 Å². The van der Waals surface area contributed by atoms with Gasteiger partial charge in [0.15, 0.2) is 22.9 Å². The highest BCUT2D eigenvalue weighted by Crippen LogP contribution is 2.22. The van der Waals surface area contributed by atoms with E-state index in [1.165, 1.54) is 0 Å². The van der Waals surface area contributed by atoms with Gasteiger partial charge in [0.05, 0.1) is 12.1 Å². The third-order valence-electron chi connectivity index (χ3n) is 4.49. The van der Waals surface area contributed by atoms with Crippen molar-refractivity contribution in [3.05, 3.63) is 59.9 Å². The zero-order valence-electron chi connectivity index (χ0n) is 15.7. The van der Waals surface area contributed by atoms with Gasteiger partial charge in [-0.05, 0) is 31.2 Å². The highest BCUT2D eigenvalue weighted by Gasteiger charge is 2.20. The molecule has 11 nitrogen and oxygen atoms in total. The lowest BCUT2D eigenvalue weighted by molar-refractivity contribution is 0.426. The van der Waals surface area contributed by atoms with Crippen LogP contribution in [0.25, 0.3) is 28.1 Å². The number of fused-ring (bicyclic) bond motifs is 2. The molecular formula is C18H15N7O4S. The summed E-state index contributed by atoms with van der Waals surface area (Å²) in [6.45, 7) is 1.67. The molecule has 30 heavy (non-hydrogen) atoms. The molecule has 0 atom stereocenters. The minimum Gasteiger partial charge on any atom is -0.356 e. The first-order valence-corrected chi connectivity index (χ1v) is 10.6. The standard InChI is InChI=1S/C18H15N7O4S/c1-11-20-18(29-23-11)13-6-4-8-25-16(21-22-17(13)25)9-19-30(26,27)10-14-12-5-2-3-7-15(12)28-24-14/h2-8,19H,9-10H2,1H3. The lowest BCUT2D eigenvalue weighted by atomic mass is 10.2. The van der Waals surface area contributed by atoms with E-state index >= 15 is 0 Å². The molecule has 0 spiro atoms. The molecule has 0 aliphatic carbocycles. The summed E-state index contributed by atoms with van der Waals surface area (Å²) in [5, 5.41) is 16.6. The fourth-order valence-corrected chi connectivity index (χ4v) is 4.12. The zero-order chi connectivity index (χ0) is 20.7. The van der Waals surface area contributed by atoms with E-state index in [0.717, 1.165) is 0 Å². The van der Waals surface area contributed by atoms with E-state index in [1.54, 1.807) is 53.9 Å². The molecule has 0 saturated carbocycles. The van der Waals surface area contributed by atoms with Crippen LogP contribution in [0.5, 0.6) is 0 Å². The van der Waals surface area contributed by atoms with Crippen LogP contribution < -0.4 is 4.72 Å². The quantitative estimate of drug-likeness (QED) is 0.431. The number of hydrogen-bond donors (Lipinski definition) is 1. The number of para-hydroxylation sites is 1. The molecule has 152 valence electrons. The average molecular weight is 425 g/mol. The average Bonchev–Trinajstić information content (AvgIpc) is 3.45. The minimum atomic E-state index is -3.69. The summed E-state index contributed by atoms with van der Waals surface area (Å²) < 4.78 is 39.7. The van der Waals surface area contributed by atoms with Crippen LogP contribution in [0.4, 0.5) is 0 Å². The van der Waals surface area contributed by atoms with Crippen LogP contribution in [-0.4, -0.2) is 38.3 Å². The lowest BCUT2D eigenvalue weighted by Crippen LogP contribution is -2.26. The molecule has 5 aromatic rings. The normalized spacial score (nSPS) is 12.2. The third-order valence-corrected chi connectivity index (χ3v) is 5.73. The molecule has 5 rings (SSSR count). The van der Waals surface area contributed by atoms with Gasteiger partial charge in [0.1, 0.15) is 11.4 Å². The third kappa shape index (κ3) is 3.31. The fraction of sp³-hybridized carbons (Fsp3) is 0.167. The number of rotatable bonds is 6. The Hall–Kier alpha value is -3.64. The Kier molecular flexibility index (Phi) is 4.29. The topological polar surface area (TPSA) is 141 Å². The molecule has 0 aliphatic rings. The summed E-state index contributed by atoms with van der Waals surface area (Å²) in [6, 6.07) is 10.6. The first-order valence-electron chi connectivity index (χ1n) is 8.94. The van der Waals surface area contributed by atoms with Gasteiger partial charge in [-0.15, -0.1) is 10.2 Å². The number of pyridine rings is 1. The Balaban J connectivity index is 1.38. The molecule has 0 bridgehead atoms. The second-order valence-corrected chi connectivity index (χ2v) is 8.39. The summed E-state index contributed by atoms with van der Waals surface area (Å²) >= 11 is 0. The van der Waals surface area contributed by atoms with Crippen molar-refractivity contribution >= 4 is 26.6 Å². The number of benzene rings is 1. The lowest BCUT2D eigenvalue weighted by Gasteiger charge is -2.05. The summed E-state index contributed by atoms with van der Waals surface area (Å²) in [4.78, 5) is 4.21. The summed E-state index contributed by atoms with van der Waals surface area (Å²) in [6.07, 6.45) is 1.73. The van der Waals surface area contributed by atoms with Crippen LogP contribution in [0.2, 0.25) is 0 Å². The zero-order valence-corrected chi connectivity index (χ0v) is 16.5. The maximum atomic E-state index is 12.6.